The molecule has 3 aromatic carbocycles. The fourth-order valence-corrected chi connectivity index (χ4v) is 9.01. The molecule has 0 spiro atoms. The van der Waals surface area contributed by atoms with Crippen LogP contribution in [0.4, 0.5) is 10.1 Å². The van der Waals surface area contributed by atoms with Gasteiger partial charge in [-0.15, -0.1) is 0 Å². The van der Waals surface area contributed by atoms with Gasteiger partial charge in [0.2, 0.25) is 23.6 Å². The number of nitrogens with zero attached hydrogens (tertiary/aromatic N) is 2. The van der Waals surface area contributed by atoms with Crippen molar-refractivity contribution in [2.24, 2.45) is 29.1 Å². The third-order valence-electron chi connectivity index (χ3n) is 10.7. The number of likely N-dealkylation sites (tertiary alicyclic amines) is 1. The molecular formula is C36H31BrClFN2O7. The van der Waals surface area contributed by atoms with Gasteiger partial charge >= 0.3 is 0 Å². The van der Waals surface area contributed by atoms with Gasteiger partial charge in [0.15, 0.2) is 11.5 Å². The molecule has 0 bridgehead atoms. The highest BCUT2D eigenvalue weighted by Crippen LogP contribution is 2.64. The highest BCUT2D eigenvalue weighted by Gasteiger charge is 2.67. The lowest BCUT2D eigenvalue weighted by Gasteiger charge is -2.49. The summed E-state index contributed by atoms with van der Waals surface area (Å²) in [6, 6.07) is 13.6. The van der Waals surface area contributed by atoms with Crippen LogP contribution in [0.15, 0.2) is 70.7 Å². The van der Waals surface area contributed by atoms with Gasteiger partial charge in [-0.25, -0.2) is 9.29 Å². The Labute approximate surface area is 289 Å². The standard InChI is InChI=1S/C36H31BrClFN2O7/c1-36-24(33(45)41(35(36)47)19-5-10-27(39)26(38)15-19)16-23-21(30(36)18-13-25(37)31(43)28(14-18)48-2)8-9-22-29(23)34(46)40(32(22)44)12-11-17-3-6-20(42)7-4-17/h3-8,10,13-15,22-24,29-30,42-43H,9,11-12,16H2,1-2H3/t22-,23+,24-,29-,30-,36+/m0/s1. The summed E-state index contributed by atoms with van der Waals surface area (Å²) in [6.45, 7) is 1.90. The van der Waals surface area contributed by atoms with Crippen LogP contribution in [0.3, 0.4) is 0 Å². The molecule has 6 atom stereocenters. The van der Waals surface area contributed by atoms with Crippen LogP contribution >= 0.6 is 27.5 Å². The first-order valence-corrected chi connectivity index (χ1v) is 16.8. The quantitative estimate of drug-likeness (QED) is 0.230. The second-order valence-electron chi connectivity index (χ2n) is 13.1. The van der Waals surface area contributed by atoms with Gasteiger partial charge in [-0.05, 0) is 102 Å². The normalized spacial score (nSPS) is 27.9. The van der Waals surface area contributed by atoms with Crippen LogP contribution in [-0.4, -0.2) is 52.4 Å². The average Bonchev–Trinajstić information content (AvgIpc) is 3.42. The van der Waals surface area contributed by atoms with E-state index >= 15 is 0 Å². The van der Waals surface area contributed by atoms with Crippen LogP contribution in [0.25, 0.3) is 0 Å². The van der Waals surface area contributed by atoms with E-state index in [2.05, 4.69) is 15.9 Å². The van der Waals surface area contributed by atoms with Crippen molar-refractivity contribution in [1.29, 1.82) is 0 Å². The molecule has 0 radical (unpaired) electrons. The molecule has 3 fully saturated rings. The van der Waals surface area contributed by atoms with Crippen molar-refractivity contribution < 1.29 is 38.5 Å². The number of halogens is 3. The summed E-state index contributed by atoms with van der Waals surface area (Å²) in [5.41, 5.74) is 1.01. The SMILES string of the molecule is COc1cc([C@H]2C3=CC[C@@H]4C(=O)N(CCc5ccc(O)cc5)C(=O)[C@@H]4[C@@H]3C[C@H]3C(=O)N(c4ccc(F)c(Cl)c4)C(=O)[C@@]23C)cc(Br)c1O. The number of ether oxygens (including phenoxy) is 1. The van der Waals surface area contributed by atoms with E-state index in [9.17, 15) is 33.8 Å². The summed E-state index contributed by atoms with van der Waals surface area (Å²) in [7, 11) is 1.41. The predicted molar refractivity (Wildman–Crippen MR) is 177 cm³/mol. The summed E-state index contributed by atoms with van der Waals surface area (Å²) in [5, 5.41) is 20.0. The molecule has 1 saturated carbocycles. The highest BCUT2D eigenvalue weighted by atomic mass is 79.9. The fraction of sp³-hybridized carbons (Fsp3) is 0.333. The van der Waals surface area contributed by atoms with Gasteiger partial charge in [-0.2, -0.15) is 0 Å². The van der Waals surface area contributed by atoms with E-state index in [4.69, 9.17) is 16.3 Å². The molecule has 4 aliphatic rings. The average molecular weight is 738 g/mol. The summed E-state index contributed by atoms with van der Waals surface area (Å²) < 4.78 is 19.9. The number of imide groups is 2. The van der Waals surface area contributed by atoms with E-state index in [1.165, 1.54) is 24.1 Å². The van der Waals surface area contributed by atoms with Crippen LogP contribution in [-0.2, 0) is 25.6 Å². The Bertz CT molecular complexity index is 1930. The van der Waals surface area contributed by atoms with Gasteiger partial charge in [0.25, 0.3) is 0 Å². The zero-order valence-corrected chi connectivity index (χ0v) is 28.3. The molecule has 9 nitrogen and oxygen atoms in total. The molecular weight excluding hydrogens is 707 g/mol. The first-order chi connectivity index (χ1) is 22.9. The second-order valence-corrected chi connectivity index (χ2v) is 14.3. The number of hydrogen-bond acceptors (Lipinski definition) is 7. The van der Waals surface area contributed by atoms with E-state index in [0.717, 1.165) is 22.1 Å². The Morgan fingerprint density at radius 2 is 1.73 bits per heavy atom. The molecule has 12 heteroatoms. The molecule has 248 valence electrons. The largest absolute Gasteiger partial charge is 0.508 e. The zero-order chi connectivity index (χ0) is 34.2. The number of methoxy groups -OCH3 is 1. The van der Waals surface area contributed by atoms with Crippen LogP contribution in [0.1, 0.15) is 36.8 Å². The molecule has 48 heavy (non-hydrogen) atoms. The molecule has 3 aromatic rings. The van der Waals surface area contributed by atoms with Gasteiger partial charge in [0.05, 0.1) is 45.5 Å². The minimum atomic E-state index is -1.35. The van der Waals surface area contributed by atoms with Crippen LogP contribution in [0.2, 0.25) is 5.02 Å². The Morgan fingerprint density at radius 3 is 2.42 bits per heavy atom. The lowest BCUT2D eigenvalue weighted by atomic mass is 9.51. The van der Waals surface area contributed by atoms with Crippen molar-refractivity contribution in [3.05, 3.63) is 92.7 Å². The minimum absolute atomic E-state index is 0.120. The number of phenolic OH excluding ortho intramolecular Hbond substituents is 2. The molecule has 7 rings (SSSR count). The zero-order valence-electron chi connectivity index (χ0n) is 26.0. The third kappa shape index (κ3) is 4.76. The molecule has 2 saturated heterocycles. The number of allylic oxidation sites excluding steroid dienone is 2. The van der Waals surface area contributed by atoms with Crippen molar-refractivity contribution >= 4 is 56.8 Å². The molecule has 2 aliphatic carbocycles. The number of benzene rings is 3. The van der Waals surface area contributed by atoms with Gasteiger partial charge in [-0.3, -0.25) is 24.1 Å². The van der Waals surface area contributed by atoms with Gasteiger partial charge < -0.3 is 14.9 Å². The molecule has 4 amide bonds. The maximum Gasteiger partial charge on any atom is 0.241 e. The minimum Gasteiger partial charge on any atom is -0.508 e. The van der Waals surface area contributed by atoms with Crippen LogP contribution in [0.5, 0.6) is 17.2 Å². The first-order valence-electron chi connectivity index (χ1n) is 15.6. The van der Waals surface area contributed by atoms with Crippen LogP contribution < -0.4 is 9.64 Å². The Hall–Kier alpha value is -4.22. The van der Waals surface area contributed by atoms with Crippen molar-refractivity contribution in [1.82, 2.24) is 4.90 Å². The van der Waals surface area contributed by atoms with Gasteiger partial charge in [0, 0.05) is 12.5 Å². The molecule has 2 heterocycles. The van der Waals surface area contributed by atoms with E-state index in [1.807, 2.05) is 6.08 Å². The summed E-state index contributed by atoms with van der Waals surface area (Å²) in [5.74, 6) is -5.65. The van der Waals surface area contributed by atoms with Gasteiger partial charge in [-0.1, -0.05) is 35.4 Å². The topological polar surface area (TPSA) is 124 Å². The Kier molecular flexibility index (Phi) is 7.90. The van der Waals surface area contributed by atoms with E-state index in [-0.39, 0.29) is 59.2 Å². The lowest BCUT2D eigenvalue weighted by molar-refractivity contribution is -0.140. The van der Waals surface area contributed by atoms with E-state index in [1.54, 1.807) is 43.3 Å². The Balaban J connectivity index is 1.32. The first kappa shape index (κ1) is 32.3. The van der Waals surface area contributed by atoms with Gasteiger partial charge in [0.1, 0.15) is 11.6 Å². The summed E-state index contributed by atoms with van der Waals surface area (Å²) in [4.78, 5) is 59.2. The predicted octanol–water partition coefficient (Wildman–Crippen LogP) is 6.13. The van der Waals surface area contributed by atoms with Crippen molar-refractivity contribution in [3.63, 3.8) is 0 Å². The van der Waals surface area contributed by atoms with Crippen LogP contribution in [0, 0.1) is 34.9 Å². The molecule has 2 aliphatic heterocycles. The number of carbonyl (C=O) groups excluding carboxylic acids is 4. The lowest BCUT2D eigenvalue weighted by Crippen LogP contribution is -2.48. The third-order valence-corrected chi connectivity index (χ3v) is 11.6. The number of fused-ring (bicyclic) bond motifs is 4. The molecule has 0 aromatic heterocycles. The number of carbonyl (C=O) groups is 4. The summed E-state index contributed by atoms with van der Waals surface area (Å²) in [6.07, 6.45) is 2.78. The highest BCUT2D eigenvalue weighted by molar-refractivity contribution is 9.10. The maximum atomic E-state index is 14.6. The fourth-order valence-electron chi connectivity index (χ4n) is 8.37. The molecule has 2 N–H and O–H groups in total. The number of hydrogen-bond donors (Lipinski definition) is 2. The van der Waals surface area contributed by atoms with E-state index in [0.29, 0.717) is 16.5 Å². The number of phenols is 2. The molecule has 0 unspecified atom stereocenters. The summed E-state index contributed by atoms with van der Waals surface area (Å²) >= 11 is 9.48. The number of amides is 4. The monoisotopic (exact) mass is 736 g/mol. The van der Waals surface area contributed by atoms with Crippen molar-refractivity contribution in [2.45, 2.75) is 32.1 Å². The van der Waals surface area contributed by atoms with Crippen molar-refractivity contribution in [2.75, 3.05) is 18.6 Å². The number of anilines is 1. The second kappa shape index (κ2) is 11.7. The van der Waals surface area contributed by atoms with Crippen molar-refractivity contribution in [3.8, 4) is 17.2 Å². The van der Waals surface area contributed by atoms with E-state index < -0.39 is 52.6 Å². The maximum absolute atomic E-state index is 14.6. The number of rotatable bonds is 6. The smallest absolute Gasteiger partial charge is 0.241 e. The number of aromatic hydroxyl groups is 2. The Morgan fingerprint density at radius 1 is 1.00 bits per heavy atom.